The van der Waals surface area contributed by atoms with Crippen molar-refractivity contribution in [3.63, 3.8) is 0 Å². The minimum absolute atomic E-state index is 0.0748. The highest BCUT2D eigenvalue weighted by Gasteiger charge is 2.31. The smallest absolute Gasteiger partial charge is 0.364 e. The predicted molar refractivity (Wildman–Crippen MR) is 123 cm³/mol. The van der Waals surface area contributed by atoms with Crippen LogP contribution in [-0.4, -0.2) is 25.1 Å². The van der Waals surface area contributed by atoms with Crippen LogP contribution in [0.5, 0.6) is 0 Å². The summed E-state index contributed by atoms with van der Waals surface area (Å²) in [4.78, 5) is 16.9. The largest absolute Gasteiger partial charge is 0.417 e. The van der Waals surface area contributed by atoms with Crippen LogP contribution in [0.1, 0.15) is 16.8 Å². The van der Waals surface area contributed by atoms with Crippen LogP contribution in [0.15, 0.2) is 77.7 Å². The van der Waals surface area contributed by atoms with Crippen molar-refractivity contribution in [1.29, 1.82) is 0 Å². The molecule has 0 radical (unpaired) electrons. The van der Waals surface area contributed by atoms with Gasteiger partial charge in [0.2, 0.25) is 5.95 Å². The molecule has 35 heavy (non-hydrogen) atoms. The molecule has 0 spiro atoms. The van der Waals surface area contributed by atoms with E-state index in [1.165, 1.54) is 6.20 Å². The molecule has 4 heterocycles. The number of halogens is 3. The van der Waals surface area contributed by atoms with Crippen molar-refractivity contribution in [3.8, 4) is 11.5 Å². The summed E-state index contributed by atoms with van der Waals surface area (Å²) in [5, 5.41) is 11.1. The van der Waals surface area contributed by atoms with Gasteiger partial charge in [-0.3, -0.25) is 9.97 Å². The minimum atomic E-state index is -4.46. The Labute approximate surface area is 197 Å². The second kappa shape index (κ2) is 9.37. The van der Waals surface area contributed by atoms with Crippen molar-refractivity contribution < 1.29 is 17.7 Å². The molecule has 0 fully saturated rings. The van der Waals surface area contributed by atoms with E-state index in [4.69, 9.17) is 4.52 Å². The van der Waals surface area contributed by atoms with E-state index in [2.05, 4.69) is 35.7 Å². The number of alkyl halides is 3. The van der Waals surface area contributed by atoms with Crippen LogP contribution < -0.4 is 10.6 Å². The highest BCUT2D eigenvalue weighted by atomic mass is 19.4. The standard InChI is InChI=1S/C24H18F3N7O/c25-24(26,27)16-9-15(11-28-13-16)12-31-23-32-19-6-2-1-5-18(19)22(33-23)30-14-17-10-21(35-34-17)20-7-3-4-8-29-20/h1-11,13H,12,14H2,(H2,30,31,32,33). The Morgan fingerprint density at radius 3 is 2.57 bits per heavy atom. The molecule has 2 N–H and O–H groups in total. The Hall–Kier alpha value is -4.54. The van der Waals surface area contributed by atoms with Gasteiger partial charge in [0, 0.05) is 36.6 Å². The van der Waals surface area contributed by atoms with E-state index in [0.717, 1.165) is 17.6 Å². The monoisotopic (exact) mass is 477 g/mol. The number of para-hydroxylation sites is 1. The second-order valence-corrected chi connectivity index (χ2v) is 7.60. The lowest BCUT2D eigenvalue weighted by Crippen LogP contribution is -2.10. The minimum Gasteiger partial charge on any atom is -0.364 e. The molecule has 0 bridgehead atoms. The van der Waals surface area contributed by atoms with Crippen molar-refractivity contribution in [2.24, 2.45) is 0 Å². The number of anilines is 2. The molecule has 8 nitrogen and oxygen atoms in total. The molecule has 0 aliphatic heterocycles. The maximum absolute atomic E-state index is 13.0. The molecular weight excluding hydrogens is 459 g/mol. The maximum atomic E-state index is 13.0. The summed E-state index contributed by atoms with van der Waals surface area (Å²) >= 11 is 0. The Bertz CT molecular complexity index is 1450. The summed E-state index contributed by atoms with van der Waals surface area (Å²) in [6.07, 6.45) is -0.628. The molecule has 4 aromatic heterocycles. The molecule has 5 rings (SSSR count). The topological polar surface area (TPSA) is 102 Å². The first-order chi connectivity index (χ1) is 17.0. The van der Waals surface area contributed by atoms with Crippen molar-refractivity contribution in [2.75, 3.05) is 10.6 Å². The molecule has 1 aromatic carbocycles. The van der Waals surface area contributed by atoms with Crippen molar-refractivity contribution in [2.45, 2.75) is 19.3 Å². The number of hydrogen-bond donors (Lipinski definition) is 2. The summed E-state index contributed by atoms with van der Waals surface area (Å²) in [5.41, 5.74) is 1.54. The van der Waals surface area contributed by atoms with Gasteiger partial charge in [-0.25, -0.2) is 4.98 Å². The quantitative estimate of drug-likeness (QED) is 0.325. The van der Waals surface area contributed by atoms with E-state index in [-0.39, 0.29) is 12.5 Å². The molecule has 0 atom stereocenters. The van der Waals surface area contributed by atoms with Gasteiger partial charge in [-0.2, -0.15) is 18.2 Å². The first-order valence-corrected chi connectivity index (χ1v) is 10.6. The van der Waals surface area contributed by atoms with Gasteiger partial charge in [0.25, 0.3) is 0 Å². The number of aromatic nitrogens is 5. The maximum Gasteiger partial charge on any atom is 0.417 e. The van der Waals surface area contributed by atoms with Crippen molar-refractivity contribution >= 4 is 22.7 Å². The van der Waals surface area contributed by atoms with Gasteiger partial charge < -0.3 is 15.2 Å². The molecule has 11 heteroatoms. The average molecular weight is 477 g/mol. The van der Waals surface area contributed by atoms with Crippen LogP contribution in [0.25, 0.3) is 22.4 Å². The lowest BCUT2D eigenvalue weighted by molar-refractivity contribution is -0.137. The first kappa shape index (κ1) is 22.3. The van der Waals surface area contributed by atoms with Crippen LogP contribution in [0.3, 0.4) is 0 Å². The van der Waals surface area contributed by atoms with E-state index >= 15 is 0 Å². The van der Waals surface area contributed by atoms with Crippen LogP contribution >= 0.6 is 0 Å². The van der Waals surface area contributed by atoms with Gasteiger partial charge in [-0.15, -0.1) is 0 Å². The zero-order valence-electron chi connectivity index (χ0n) is 18.1. The highest BCUT2D eigenvalue weighted by molar-refractivity contribution is 5.90. The average Bonchev–Trinajstić information content (AvgIpc) is 3.35. The fourth-order valence-electron chi connectivity index (χ4n) is 3.41. The molecule has 0 unspecified atom stereocenters. The van der Waals surface area contributed by atoms with Gasteiger partial charge >= 0.3 is 6.18 Å². The fourth-order valence-corrected chi connectivity index (χ4v) is 3.41. The van der Waals surface area contributed by atoms with Gasteiger partial charge in [0.05, 0.1) is 17.6 Å². The summed E-state index contributed by atoms with van der Waals surface area (Å²) in [6, 6.07) is 15.8. The highest BCUT2D eigenvalue weighted by Crippen LogP contribution is 2.29. The number of hydrogen-bond acceptors (Lipinski definition) is 8. The lowest BCUT2D eigenvalue weighted by atomic mass is 10.2. The zero-order valence-corrected chi connectivity index (χ0v) is 18.1. The fraction of sp³-hybridized carbons (Fsp3) is 0.125. The van der Waals surface area contributed by atoms with Crippen LogP contribution in [-0.2, 0) is 19.3 Å². The molecule has 0 aliphatic carbocycles. The first-order valence-electron chi connectivity index (χ1n) is 10.6. The molecular formula is C24H18F3N7O. The van der Waals surface area contributed by atoms with Gasteiger partial charge in [-0.1, -0.05) is 23.4 Å². The second-order valence-electron chi connectivity index (χ2n) is 7.60. The molecule has 0 aliphatic rings. The van der Waals surface area contributed by atoms with E-state index < -0.39 is 11.7 Å². The Kier molecular flexibility index (Phi) is 5.96. The Morgan fingerprint density at radius 1 is 0.886 bits per heavy atom. The number of nitrogens with zero attached hydrogens (tertiary/aromatic N) is 5. The van der Waals surface area contributed by atoms with Gasteiger partial charge in [0.15, 0.2) is 5.76 Å². The van der Waals surface area contributed by atoms with E-state index in [9.17, 15) is 13.2 Å². The third-order valence-electron chi connectivity index (χ3n) is 5.09. The third-order valence-corrected chi connectivity index (χ3v) is 5.09. The summed E-state index contributed by atoms with van der Waals surface area (Å²) in [5.74, 6) is 1.35. The number of pyridine rings is 2. The Balaban J connectivity index is 1.34. The summed E-state index contributed by atoms with van der Waals surface area (Å²) in [7, 11) is 0. The number of nitrogens with one attached hydrogen (secondary N) is 2. The van der Waals surface area contributed by atoms with Crippen molar-refractivity contribution in [1.82, 2.24) is 25.1 Å². The summed E-state index contributed by atoms with van der Waals surface area (Å²) in [6.45, 7) is 0.403. The van der Waals surface area contributed by atoms with Crippen LogP contribution in [0.2, 0.25) is 0 Å². The Morgan fingerprint density at radius 2 is 1.74 bits per heavy atom. The van der Waals surface area contributed by atoms with E-state index in [1.807, 2.05) is 42.5 Å². The zero-order chi connectivity index (χ0) is 24.3. The molecule has 5 aromatic rings. The van der Waals surface area contributed by atoms with Crippen molar-refractivity contribution in [3.05, 3.63) is 90.0 Å². The van der Waals surface area contributed by atoms with E-state index in [1.54, 1.807) is 12.3 Å². The number of rotatable bonds is 7. The molecule has 0 amide bonds. The van der Waals surface area contributed by atoms with Crippen LogP contribution in [0, 0.1) is 0 Å². The van der Waals surface area contributed by atoms with Crippen LogP contribution in [0.4, 0.5) is 24.9 Å². The van der Waals surface area contributed by atoms with Gasteiger partial charge in [0.1, 0.15) is 17.2 Å². The molecule has 0 saturated heterocycles. The third kappa shape index (κ3) is 5.18. The molecule has 176 valence electrons. The summed E-state index contributed by atoms with van der Waals surface area (Å²) < 4.78 is 44.3. The number of fused-ring (bicyclic) bond motifs is 1. The van der Waals surface area contributed by atoms with E-state index in [0.29, 0.717) is 40.6 Å². The predicted octanol–water partition coefficient (Wildman–Crippen LogP) is 5.32. The number of benzene rings is 1. The SMILES string of the molecule is FC(F)(F)c1cncc(CNc2nc(NCc3cc(-c4ccccn4)on3)c3ccccc3n2)c1. The molecule has 0 saturated carbocycles. The normalized spacial score (nSPS) is 11.5. The van der Waals surface area contributed by atoms with Gasteiger partial charge in [-0.05, 0) is 35.9 Å². The lowest BCUT2D eigenvalue weighted by Gasteiger charge is -2.12.